The molecular weight excluding hydrogens is 482 g/mol. The molecule has 3 heterocycles. The molecule has 0 radical (unpaired) electrons. The van der Waals surface area contributed by atoms with Gasteiger partial charge < -0.3 is 24.8 Å². The summed E-state index contributed by atoms with van der Waals surface area (Å²) in [6, 6.07) is 25.3. The fourth-order valence-electron chi connectivity index (χ4n) is 4.80. The number of carbonyl (C=O) groups is 1. The summed E-state index contributed by atoms with van der Waals surface area (Å²) in [6.07, 6.45) is 4.10. The lowest BCUT2D eigenvalue weighted by Crippen LogP contribution is -2.33. The first kappa shape index (κ1) is 24.5. The Balaban J connectivity index is 1.47. The summed E-state index contributed by atoms with van der Waals surface area (Å²) in [4.78, 5) is 19.6. The third-order valence-electron chi connectivity index (χ3n) is 6.62. The maximum Gasteiger partial charge on any atom is 0.226 e. The Morgan fingerprint density at radius 1 is 1.05 bits per heavy atom. The molecule has 0 bridgehead atoms. The van der Waals surface area contributed by atoms with Crippen molar-refractivity contribution < 1.29 is 9.53 Å². The maximum absolute atomic E-state index is 12.9. The average molecular weight is 512 g/mol. The molecule has 1 fully saturated rings. The third-order valence-corrected chi connectivity index (χ3v) is 6.98. The van der Waals surface area contributed by atoms with Gasteiger partial charge in [0.1, 0.15) is 5.75 Å². The molecule has 188 valence electrons. The SMILES string of the molecule is COc1ccccc1-n1cccc1[C@H]1[C@H](c2ccccn2)NC(=S)N1CCC(=O)Nc1ccccc1C. The van der Waals surface area contributed by atoms with Crippen molar-refractivity contribution in [1.82, 2.24) is 19.8 Å². The van der Waals surface area contributed by atoms with E-state index >= 15 is 0 Å². The number of hydrogen-bond acceptors (Lipinski definition) is 4. The van der Waals surface area contributed by atoms with Crippen LogP contribution in [0.1, 0.15) is 35.5 Å². The van der Waals surface area contributed by atoms with Gasteiger partial charge >= 0.3 is 0 Å². The molecule has 0 unspecified atom stereocenters. The number of nitrogens with one attached hydrogen (secondary N) is 2. The van der Waals surface area contributed by atoms with Gasteiger partial charge in [-0.2, -0.15) is 0 Å². The van der Waals surface area contributed by atoms with Crippen molar-refractivity contribution in [1.29, 1.82) is 0 Å². The molecular formula is C29H29N5O2S. The zero-order valence-electron chi connectivity index (χ0n) is 20.8. The van der Waals surface area contributed by atoms with Crippen LogP contribution in [0.25, 0.3) is 5.69 Å². The number of aryl methyl sites for hydroxylation is 1. The van der Waals surface area contributed by atoms with Crippen LogP contribution in [0.3, 0.4) is 0 Å². The van der Waals surface area contributed by atoms with Crippen LogP contribution in [0, 0.1) is 6.92 Å². The summed E-state index contributed by atoms with van der Waals surface area (Å²) in [5.74, 6) is 0.712. The number of thiocarbonyl (C=S) groups is 1. The number of aromatic nitrogens is 2. The fraction of sp³-hybridized carbons (Fsp3) is 0.207. The molecule has 4 aromatic rings. The molecule has 2 N–H and O–H groups in total. The van der Waals surface area contributed by atoms with Gasteiger partial charge in [-0.3, -0.25) is 9.78 Å². The first-order valence-electron chi connectivity index (χ1n) is 12.2. The predicted octanol–water partition coefficient (Wildman–Crippen LogP) is 5.19. The van der Waals surface area contributed by atoms with Gasteiger partial charge in [-0.15, -0.1) is 0 Å². The van der Waals surface area contributed by atoms with Crippen LogP contribution in [-0.2, 0) is 4.79 Å². The topological polar surface area (TPSA) is 71.4 Å². The minimum Gasteiger partial charge on any atom is -0.495 e. The summed E-state index contributed by atoms with van der Waals surface area (Å²) in [6.45, 7) is 2.43. The summed E-state index contributed by atoms with van der Waals surface area (Å²) >= 11 is 5.80. The highest BCUT2D eigenvalue weighted by atomic mass is 32.1. The number of pyridine rings is 1. The normalized spacial score (nSPS) is 16.9. The van der Waals surface area contributed by atoms with E-state index in [0.29, 0.717) is 11.7 Å². The number of benzene rings is 2. The number of hydrogen-bond donors (Lipinski definition) is 2. The van der Waals surface area contributed by atoms with Crippen LogP contribution in [-0.4, -0.2) is 39.1 Å². The van der Waals surface area contributed by atoms with Gasteiger partial charge in [0.25, 0.3) is 0 Å². The quantitative estimate of drug-likeness (QED) is 0.317. The van der Waals surface area contributed by atoms with E-state index in [0.717, 1.165) is 34.1 Å². The highest BCUT2D eigenvalue weighted by Crippen LogP contribution is 2.40. The third kappa shape index (κ3) is 5.06. The second kappa shape index (κ2) is 10.8. The lowest BCUT2D eigenvalue weighted by Gasteiger charge is -2.29. The summed E-state index contributed by atoms with van der Waals surface area (Å²) in [5.41, 5.74) is 4.68. The van der Waals surface area contributed by atoms with Crippen molar-refractivity contribution in [3.05, 3.63) is 108 Å². The minimum absolute atomic E-state index is 0.0581. The number of anilines is 1. The van der Waals surface area contributed by atoms with Gasteiger partial charge in [0.05, 0.1) is 30.6 Å². The first-order chi connectivity index (χ1) is 18.1. The summed E-state index contributed by atoms with van der Waals surface area (Å²) in [5, 5.41) is 7.09. The lowest BCUT2D eigenvalue weighted by molar-refractivity contribution is -0.116. The van der Waals surface area contributed by atoms with Gasteiger partial charge in [-0.1, -0.05) is 36.4 Å². The number of ether oxygens (including phenoxy) is 1. The van der Waals surface area contributed by atoms with Crippen LogP contribution in [0.5, 0.6) is 5.75 Å². The monoisotopic (exact) mass is 511 g/mol. The van der Waals surface area contributed by atoms with Crippen molar-refractivity contribution in [2.45, 2.75) is 25.4 Å². The van der Waals surface area contributed by atoms with Gasteiger partial charge in [0.15, 0.2) is 5.11 Å². The van der Waals surface area contributed by atoms with Crippen LogP contribution < -0.4 is 15.4 Å². The number of nitrogens with zero attached hydrogens (tertiary/aromatic N) is 3. The highest BCUT2D eigenvalue weighted by Gasteiger charge is 2.41. The van der Waals surface area contributed by atoms with E-state index in [4.69, 9.17) is 17.0 Å². The Hall–Kier alpha value is -4.17. The predicted molar refractivity (Wildman–Crippen MR) is 149 cm³/mol. The standard InChI is InChI=1S/C29H29N5O2S/c1-20-10-3-4-11-21(20)31-26(35)16-19-34-28(27(32-29(34)37)22-12-7-8-17-30-22)24-14-9-18-33(24)23-13-5-6-15-25(23)36-2/h3-15,17-18,27-28H,16,19H2,1-2H3,(H,31,35)(H,32,37)/t27-,28-/m0/s1. The maximum atomic E-state index is 12.9. The van der Waals surface area contributed by atoms with Gasteiger partial charge in [-0.25, -0.2) is 0 Å². The molecule has 0 saturated carbocycles. The van der Waals surface area contributed by atoms with Gasteiger partial charge in [-0.05, 0) is 67.2 Å². The van der Waals surface area contributed by atoms with Crippen LogP contribution in [0.4, 0.5) is 5.69 Å². The van der Waals surface area contributed by atoms with Crippen molar-refractivity contribution in [3.8, 4) is 11.4 Å². The lowest BCUT2D eigenvalue weighted by atomic mass is 10.0. The Bertz CT molecular complexity index is 1400. The molecule has 0 aliphatic carbocycles. The number of amides is 1. The van der Waals surface area contributed by atoms with Crippen LogP contribution in [0.2, 0.25) is 0 Å². The molecule has 2 aromatic carbocycles. The molecule has 1 saturated heterocycles. The fourth-order valence-corrected chi connectivity index (χ4v) is 5.13. The van der Waals surface area contributed by atoms with Crippen molar-refractivity contribution in [3.63, 3.8) is 0 Å². The summed E-state index contributed by atoms with van der Waals surface area (Å²) < 4.78 is 7.77. The van der Waals surface area contributed by atoms with Crippen LogP contribution in [0.15, 0.2) is 91.3 Å². The molecule has 1 aliphatic rings. The first-order valence-corrected chi connectivity index (χ1v) is 12.6. The molecule has 0 spiro atoms. The zero-order valence-corrected chi connectivity index (χ0v) is 21.6. The van der Waals surface area contributed by atoms with Crippen molar-refractivity contribution in [2.24, 2.45) is 0 Å². The van der Waals surface area contributed by atoms with Crippen molar-refractivity contribution in [2.75, 3.05) is 19.0 Å². The van der Waals surface area contributed by atoms with E-state index in [-0.39, 0.29) is 24.4 Å². The molecule has 1 amide bonds. The second-order valence-corrected chi connectivity index (χ2v) is 9.29. The summed E-state index contributed by atoms with van der Waals surface area (Å²) in [7, 11) is 1.67. The zero-order chi connectivity index (χ0) is 25.8. The Kier molecular flexibility index (Phi) is 7.18. The van der Waals surface area contributed by atoms with Crippen LogP contribution >= 0.6 is 12.2 Å². The van der Waals surface area contributed by atoms with E-state index in [1.807, 2.05) is 85.9 Å². The largest absolute Gasteiger partial charge is 0.495 e. The molecule has 7 nitrogen and oxygen atoms in total. The van der Waals surface area contributed by atoms with E-state index < -0.39 is 0 Å². The Labute approximate surface area is 222 Å². The molecule has 5 rings (SSSR count). The van der Waals surface area contributed by atoms with Gasteiger partial charge in [0, 0.05) is 36.7 Å². The number of methoxy groups -OCH3 is 1. The van der Waals surface area contributed by atoms with Crippen molar-refractivity contribution >= 4 is 28.9 Å². The number of para-hydroxylation sites is 3. The highest BCUT2D eigenvalue weighted by molar-refractivity contribution is 7.80. The molecule has 8 heteroatoms. The van der Waals surface area contributed by atoms with E-state index in [1.54, 1.807) is 13.3 Å². The number of rotatable bonds is 8. The van der Waals surface area contributed by atoms with Gasteiger partial charge in [0.2, 0.25) is 5.91 Å². The Morgan fingerprint density at radius 2 is 1.84 bits per heavy atom. The smallest absolute Gasteiger partial charge is 0.226 e. The molecule has 37 heavy (non-hydrogen) atoms. The van der Waals surface area contributed by atoms with E-state index in [9.17, 15) is 4.79 Å². The van der Waals surface area contributed by atoms with E-state index in [1.165, 1.54) is 0 Å². The number of carbonyl (C=O) groups excluding carboxylic acids is 1. The molecule has 1 aliphatic heterocycles. The molecule has 2 aromatic heterocycles. The average Bonchev–Trinajstić information content (AvgIpc) is 3.53. The Morgan fingerprint density at radius 3 is 2.62 bits per heavy atom. The van der Waals surface area contributed by atoms with E-state index in [2.05, 4.69) is 31.2 Å². The minimum atomic E-state index is -0.187. The second-order valence-electron chi connectivity index (χ2n) is 8.91. The molecule has 2 atom stereocenters.